The van der Waals surface area contributed by atoms with Gasteiger partial charge in [-0.2, -0.15) is 0 Å². The quantitative estimate of drug-likeness (QED) is 0.850. The summed E-state index contributed by atoms with van der Waals surface area (Å²) in [5.41, 5.74) is 3.44. The number of fused-ring (bicyclic) bond motifs is 1. The molecule has 18 heavy (non-hydrogen) atoms. The zero-order valence-electron chi connectivity index (χ0n) is 10.8. The van der Waals surface area contributed by atoms with Crippen molar-refractivity contribution < 1.29 is 4.79 Å². The van der Waals surface area contributed by atoms with Gasteiger partial charge in [0.2, 0.25) is 0 Å². The largest absolute Gasteiger partial charge is 0.352 e. The molecule has 1 aliphatic heterocycles. The Hall–Kier alpha value is -1.35. The molecular formula is C15H20N2O. The summed E-state index contributed by atoms with van der Waals surface area (Å²) in [6.07, 6.45) is 2.32. The average molecular weight is 244 g/mol. The molecule has 2 unspecified atom stereocenters. The van der Waals surface area contributed by atoms with Gasteiger partial charge < -0.3 is 10.6 Å². The summed E-state index contributed by atoms with van der Waals surface area (Å²) in [5.74, 6) is 1.56. The lowest BCUT2D eigenvalue weighted by Crippen LogP contribution is -2.27. The predicted octanol–water partition coefficient (Wildman–Crippen LogP) is 1.72. The normalized spacial score (nSPS) is 25.4. The van der Waals surface area contributed by atoms with Gasteiger partial charge in [0.05, 0.1) is 0 Å². The minimum Gasteiger partial charge on any atom is -0.352 e. The first-order chi connectivity index (χ1) is 8.74. The molecular weight excluding hydrogens is 224 g/mol. The molecule has 1 saturated carbocycles. The molecule has 2 N–H and O–H groups in total. The third-order valence-corrected chi connectivity index (χ3v) is 4.16. The SMILES string of the molecule is CC1CC1CNC(=O)c1ccc2c(c1)CNCC2. The molecule has 1 fully saturated rings. The van der Waals surface area contributed by atoms with Gasteiger partial charge in [-0.05, 0) is 54.5 Å². The number of carbonyl (C=O) groups is 1. The van der Waals surface area contributed by atoms with Crippen molar-refractivity contribution in [2.24, 2.45) is 11.8 Å². The minimum absolute atomic E-state index is 0.0717. The number of nitrogens with one attached hydrogen (secondary N) is 2. The third-order valence-electron chi connectivity index (χ3n) is 4.16. The van der Waals surface area contributed by atoms with E-state index in [1.807, 2.05) is 12.1 Å². The first kappa shape index (κ1) is 11.7. The molecule has 0 spiro atoms. The summed E-state index contributed by atoms with van der Waals surface area (Å²) in [6, 6.07) is 6.09. The molecule has 1 aliphatic carbocycles. The molecule has 1 aromatic carbocycles. The topological polar surface area (TPSA) is 41.1 Å². The van der Waals surface area contributed by atoms with Gasteiger partial charge >= 0.3 is 0 Å². The maximum Gasteiger partial charge on any atom is 0.251 e. The summed E-state index contributed by atoms with van der Waals surface area (Å²) < 4.78 is 0. The molecule has 1 amide bonds. The molecule has 0 radical (unpaired) electrons. The summed E-state index contributed by atoms with van der Waals surface area (Å²) in [6.45, 7) is 4.99. The van der Waals surface area contributed by atoms with E-state index in [1.54, 1.807) is 0 Å². The van der Waals surface area contributed by atoms with Crippen molar-refractivity contribution in [3.8, 4) is 0 Å². The van der Waals surface area contributed by atoms with Gasteiger partial charge in [-0.1, -0.05) is 13.0 Å². The van der Waals surface area contributed by atoms with Gasteiger partial charge in [-0.3, -0.25) is 4.79 Å². The van der Waals surface area contributed by atoms with E-state index in [-0.39, 0.29) is 5.91 Å². The highest BCUT2D eigenvalue weighted by Crippen LogP contribution is 2.36. The van der Waals surface area contributed by atoms with Gasteiger partial charge in [-0.25, -0.2) is 0 Å². The standard InChI is InChI=1S/C15H20N2O/c1-10-6-13(10)9-17-15(18)12-3-2-11-4-5-16-8-14(11)7-12/h2-3,7,10,13,16H,4-6,8-9H2,1H3,(H,17,18). The maximum absolute atomic E-state index is 12.0. The van der Waals surface area contributed by atoms with E-state index in [2.05, 4.69) is 23.6 Å². The van der Waals surface area contributed by atoms with E-state index in [0.717, 1.165) is 37.5 Å². The Morgan fingerprint density at radius 3 is 3.06 bits per heavy atom. The molecule has 0 aromatic heterocycles. The third kappa shape index (κ3) is 2.41. The van der Waals surface area contributed by atoms with Gasteiger partial charge in [0.15, 0.2) is 0 Å². The summed E-state index contributed by atoms with van der Waals surface area (Å²) in [4.78, 5) is 12.0. The fraction of sp³-hybridized carbons (Fsp3) is 0.533. The second-order valence-electron chi connectivity index (χ2n) is 5.59. The molecule has 3 rings (SSSR count). The van der Waals surface area contributed by atoms with E-state index in [4.69, 9.17) is 0 Å². The van der Waals surface area contributed by atoms with Crippen LogP contribution in [0.1, 0.15) is 34.8 Å². The van der Waals surface area contributed by atoms with E-state index >= 15 is 0 Å². The summed E-state index contributed by atoms with van der Waals surface area (Å²) >= 11 is 0. The molecule has 1 aromatic rings. The van der Waals surface area contributed by atoms with Crippen molar-refractivity contribution in [2.45, 2.75) is 26.3 Å². The zero-order chi connectivity index (χ0) is 12.5. The van der Waals surface area contributed by atoms with Crippen LogP contribution in [-0.4, -0.2) is 19.0 Å². The van der Waals surface area contributed by atoms with Crippen molar-refractivity contribution in [2.75, 3.05) is 13.1 Å². The van der Waals surface area contributed by atoms with Crippen LogP contribution in [0.5, 0.6) is 0 Å². The van der Waals surface area contributed by atoms with Gasteiger partial charge in [0.25, 0.3) is 5.91 Å². The van der Waals surface area contributed by atoms with Crippen molar-refractivity contribution in [3.63, 3.8) is 0 Å². The Balaban J connectivity index is 1.65. The zero-order valence-corrected chi connectivity index (χ0v) is 10.8. The van der Waals surface area contributed by atoms with Crippen LogP contribution in [0.3, 0.4) is 0 Å². The van der Waals surface area contributed by atoms with Gasteiger partial charge in [0.1, 0.15) is 0 Å². The monoisotopic (exact) mass is 244 g/mol. The van der Waals surface area contributed by atoms with E-state index < -0.39 is 0 Å². The van der Waals surface area contributed by atoms with E-state index in [0.29, 0.717) is 5.92 Å². The van der Waals surface area contributed by atoms with Crippen LogP contribution < -0.4 is 10.6 Å². The molecule has 0 bridgehead atoms. The second kappa shape index (κ2) is 4.73. The van der Waals surface area contributed by atoms with Crippen LogP contribution in [0, 0.1) is 11.8 Å². The average Bonchev–Trinajstić information content (AvgIpc) is 3.11. The second-order valence-corrected chi connectivity index (χ2v) is 5.59. The molecule has 2 atom stereocenters. The number of hydrogen-bond donors (Lipinski definition) is 2. The number of amides is 1. The number of carbonyl (C=O) groups excluding carboxylic acids is 1. The van der Waals surface area contributed by atoms with Crippen molar-refractivity contribution in [1.29, 1.82) is 0 Å². The van der Waals surface area contributed by atoms with Gasteiger partial charge in [-0.15, -0.1) is 0 Å². The lowest BCUT2D eigenvalue weighted by molar-refractivity contribution is 0.0951. The lowest BCUT2D eigenvalue weighted by Gasteiger charge is -2.17. The van der Waals surface area contributed by atoms with Crippen LogP contribution in [0.4, 0.5) is 0 Å². The van der Waals surface area contributed by atoms with E-state index in [1.165, 1.54) is 17.5 Å². The number of rotatable bonds is 3. The van der Waals surface area contributed by atoms with Gasteiger partial charge in [0, 0.05) is 18.7 Å². The highest BCUT2D eigenvalue weighted by Gasteiger charge is 2.32. The molecule has 2 aliphatic rings. The minimum atomic E-state index is 0.0717. The Morgan fingerprint density at radius 1 is 1.44 bits per heavy atom. The Labute approximate surface area is 108 Å². The highest BCUT2D eigenvalue weighted by atomic mass is 16.1. The van der Waals surface area contributed by atoms with Crippen LogP contribution >= 0.6 is 0 Å². The smallest absolute Gasteiger partial charge is 0.251 e. The van der Waals surface area contributed by atoms with Crippen molar-refractivity contribution in [1.82, 2.24) is 10.6 Å². The van der Waals surface area contributed by atoms with Crippen LogP contribution in [0.15, 0.2) is 18.2 Å². The molecule has 3 heteroatoms. The van der Waals surface area contributed by atoms with E-state index in [9.17, 15) is 4.79 Å². The molecule has 1 heterocycles. The molecule has 96 valence electrons. The van der Waals surface area contributed by atoms with Crippen LogP contribution in [0.2, 0.25) is 0 Å². The fourth-order valence-corrected chi connectivity index (χ4v) is 2.63. The predicted molar refractivity (Wildman–Crippen MR) is 71.5 cm³/mol. The first-order valence-corrected chi connectivity index (χ1v) is 6.85. The maximum atomic E-state index is 12.0. The Kier molecular flexibility index (Phi) is 3.08. The summed E-state index contributed by atoms with van der Waals surface area (Å²) in [7, 11) is 0. The highest BCUT2D eigenvalue weighted by molar-refractivity contribution is 5.94. The molecule has 0 saturated heterocycles. The fourth-order valence-electron chi connectivity index (χ4n) is 2.63. The molecule has 3 nitrogen and oxygen atoms in total. The summed E-state index contributed by atoms with van der Waals surface area (Å²) in [5, 5.41) is 6.38. The number of hydrogen-bond acceptors (Lipinski definition) is 2. The Bertz CT molecular complexity index is 470. The number of benzene rings is 1. The Morgan fingerprint density at radius 2 is 2.28 bits per heavy atom. The van der Waals surface area contributed by atoms with Crippen molar-refractivity contribution >= 4 is 5.91 Å². The van der Waals surface area contributed by atoms with Crippen LogP contribution in [0.25, 0.3) is 0 Å². The van der Waals surface area contributed by atoms with Crippen LogP contribution in [-0.2, 0) is 13.0 Å². The lowest BCUT2D eigenvalue weighted by atomic mass is 9.98. The van der Waals surface area contributed by atoms with Crippen molar-refractivity contribution in [3.05, 3.63) is 34.9 Å². The first-order valence-electron chi connectivity index (χ1n) is 6.85.